The number of carbonyl (C=O) groups excluding carboxylic acids is 1. The van der Waals surface area contributed by atoms with Crippen LogP contribution in [0.25, 0.3) is 0 Å². The lowest BCUT2D eigenvalue weighted by Crippen LogP contribution is -2.41. The second-order valence-corrected chi connectivity index (χ2v) is 7.37. The number of rotatable bonds is 7. The van der Waals surface area contributed by atoms with Gasteiger partial charge in [0.05, 0.1) is 29.8 Å². The topological polar surface area (TPSA) is 71.8 Å². The van der Waals surface area contributed by atoms with E-state index in [1.807, 2.05) is 0 Å². The van der Waals surface area contributed by atoms with Crippen LogP contribution in [0.2, 0.25) is 0 Å². The van der Waals surface area contributed by atoms with Crippen LogP contribution in [0.15, 0.2) is 45.7 Å². The highest BCUT2D eigenvalue weighted by molar-refractivity contribution is 7.84. The van der Waals surface area contributed by atoms with Gasteiger partial charge in [-0.2, -0.15) is 0 Å². The van der Waals surface area contributed by atoms with Crippen molar-refractivity contribution in [3.63, 3.8) is 0 Å². The zero-order valence-corrected chi connectivity index (χ0v) is 15.1. The summed E-state index contributed by atoms with van der Waals surface area (Å²) in [5, 5.41) is 2.82. The van der Waals surface area contributed by atoms with Crippen molar-refractivity contribution in [1.82, 2.24) is 10.2 Å². The van der Waals surface area contributed by atoms with Crippen molar-refractivity contribution in [1.29, 1.82) is 0 Å². The Morgan fingerprint density at radius 2 is 1.88 bits per heavy atom. The van der Waals surface area contributed by atoms with E-state index in [4.69, 9.17) is 9.15 Å². The van der Waals surface area contributed by atoms with Crippen LogP contribution in [0, 0.1) is 5.82 Å². The smallest absolute Gasteiger partial charge is 0.287 e. The van der Waals surface area contributed by atoms with Gasteiger partial charge in [-0.3, -0.25) is 13.9 Å². The number of nitrogens with zero attached hydrogens (tertiary/aromatic N) is 1. The van der Waals surface area contributed by atoms with Crippen molar-refractivity contribution in [2.75, 3.05) is 39.4 Å². The van der Waals surface area contributed by atoms with Gasteiger partial charge in [-0.15, -0.1) is 0 Å². The number of morpholine rings is 1. The molecule has 1 N–H and O–H groups in total. The summed E-state index contributed by atoms with van der Waals surface area (Å²) < 4.78 is 36.0. The maximum absolute atomic E-state index is 12.9. The van der Waals surface area contributed by atoms with Crippen molar-refractivity contribution < 1.29 is 22.5 Å². The summed E-state index contributed by atoms with van der Waals surface area (Å²) in [6.07, 6.45) is 0. The van der Waals surface area contributed by atoms with Crippen molar-refractivity contribution >= 4 is 16.7 Å². The van der Waals surface area contributed by atoms with E-state index in [1.54, 1.807) is 12.1 Å². The molecule has 2 aromatic rings. The van der Waals surface area contributed by atoms with Gasteiger partial charge in [-0.05, 0) is 36.4 Å². The lowest BCUT2D eigenvalue weighted by Gasteiger charge is -2.26. The average Bonchev–Trinajstić information content (AvgIpc) is 3.11. The molecule has 0 radical (unpaired) electrons. The molecular formula is C18H21FN2O4S. The first kappa shape index (κ1) is 18.8. The fourth-order valence-electron chi connectivity index (χ4n) is 2.62. The average molecular weight is 380 g/mol. The fraction of sp³-hybridized carbons (Fsp3) is 0.389. The van der Waals surface area contributed by atoms with E-state index < -0.39 is 10.8 Å². The number of nitrogens with one attached hydrogen (secondary N) is 1. The van der Waals surface area contributed by atoms with E-state index in [1.165, 1.54) is 24.3 Å². The second-order valence-electron chi connectivity index (χ2n) is 5.92. The third-order valence-electron chi connectivity index (χ3n) is 4.05. The highest BCUT2D eigenvalue weighted by Crippen LogP contribution is 2.15. The highest BCUT2D eigenvalue weighted by Gasteiger charge is 2.15. The molecule has 1 aromatic heterocycles. The summed E-state index contributed by atoms with van der Waals surface area (Å²) in [5.74, 6) is 0.105. The van der Waals surface area contributed by atoms with Crippen molar-refractivity contribution in [3.05, 3.63) is 53.7 Å². The number of hydrogen-bond donors (Lipinski definition) is 1. The molecule has 0 aliphatic carbocycles. The molecule has 0 bridgehead atoms. The SMILES string of the molecule is O=C(NCCN1CCOCC1)c1ccc(CS(=O)c2ccc(F)cc2)o1. The third-order valence-corrected chi connectivity index (χ3v) is 5.40. The van der Waals surface area contributed by atoms with Crippen molar-refractivity contribution in [2.45, 2.75) is 10.6 Å². The molecule has 1 aliphatic heterocycles. The normalized spacial score (nSPS) is 16.3. The summed E-state index contributed by atoms with van der Waals surface area (Å²) in [4.78, 5) is 14.9. The van der Waals surface area contributed by atoms with Crippen molar-refractivity contribution in [2.24, 2.45) is 0 Å². The van der Waals surface area contributed by atoms with E-state index in [0.717, 1.165) is 32.8 Å². The predicted molar refractivity (Wildman–Crippen MR) is 94.8 cm³/mol. The van der Waals surface area contributed by atoms with Crippen LogP contribution >= 0.6 is 0 Å². The summed E-state index contributed by atoms with van der Waals surface area (Å²) in [6, 6.07) is 8.70. The van der Waals surface area contributed by atoms with Crippen LogP contribution < -0.4 is 5.32 Å². The predicted octanol–water partition coefficient (Wildman–Crippen LogP) is 1.79. The van der Waals surface area contributed by atoms with Crippen LogP contribution in [-0.4, -0.2) is 54.4 Å². The number of carbonyl (C=O) groups is 1. The van der Waals surface area contributed by atoms with E-state index in [9.17, 15) is 13.4 Å². The molecule has 3 rings (SSSR count). The molecule has 140 valence electrons. The molecule has 0 spiro atoms. The molecule has 1 atom stereocenters. The molecule has 8 heteroatoms. The molecule has 1 unspecified atom stereocenters. The summed E-state index contributed by atoms with van der Waals surface area (Å²) in [5.41, 5.74) is 0. The first-order chi connectivity index (χ1) is 12.6. The van der Waals surface area contributed by atoms with Gasteiger partial charge in [0.15, 0.2) is 5.76 Å². The van der Waals surface area contributed by atoms with Crippen LogP contribution in [0.5, 0.6) is 0 Å². The van der Waals surface area contributed by atoms with Gasteiger partial charge in [0.25, 0.3) is 5.91 Å². The zero-order valence-electron chi connectivity index (χ0n) is 14.3. The molecular weight excluding hydrogens is 359 g/mol. The van der Waals surface area contributed by atoms with Crippen LogP contribution in [0.1, 0.15) is 16.3 Å². The van der Waals surface area contributed by atoms with Gasteiger partial charge in [0, 0.05) is 31.1 Å². The Morgan fingerprint density at radius 1 is 1.15 bits per heavy atom. The van der Waals surface area contributed by atoms with Gasteiger partial charge in [-0.1, -0.05) is 0 Å². The molecule has 26 heavy (non-hydrogen) atoms. The van der Waals surface area contributed by atoms with Gasteiger partial charge >= 0.3 is 0 Å². The largest absolute Gasteiger partial charge is 0.455 e. The third kappa shape index (κ3) is 5.23. The Labute approximate surface area is 153 Å². The zero-order chi connectivity index (χ0) is 18.4. The number of halogens is 1. The summed E-state index contributed by atoms with van der Waals surface area (Å²) in [6.45, 7) is 4.47. The van der Waals surface area contributed by atoms with Crippen LogP contribution in [0.3, 0.4) is 0 Å². The van der Waals surface area contributed by atoms with Gasteiger partial charge in [0.1, 0.15) is 11.6 Å². The van der Waals surface area contributed by atoms with E-state index in [2.05, 4.69) is 10.2 Å². The van der Waals surface area contributed by atoms with Crippen LogP contribution in [0.4, 0.5) is 4.39 Å². The van der Waals surface area contributed by atoms with Crippen molar-refractivity contribution in [3.8, 4) is 0 Å². The van der Waals surface area contributed by atoms with E-state index in [0.29, 0.717) is 17.2 Å². The Kier molecular flexibility index (Phi) is 6.54. The fourth-order valence-corrected chi connectivity index (χ4v) is 3.64. The Morgan fingerprint density at radius 3 is 2.62 bits per heavy atom. The Balaban J connectivity index is 1.48. The monoisotopic (exact) mass is 380 g/mol. The molecule has 2 heterocycles. The molecule has 1 aliphatic rings. The summed E-state index contributed by atoms with van der Waals surface area (Å²) >= 11 is 0. The van der Waals surface area contributed by atoms with E-state index >= 15 is 0 Å². The number of benzene rings is 1. The van der Waals surface area contributed by atoms with Gasteiger partial charge in [-0.25, -0.2) is 4.39 Å². The summed E-state index contributed by atoms with van der Waals surface area (Å²) in [7, 11) is -1.36. The minimum absolute atomic E-state index is 0.132. The first-order valence-corrected chi connectivity index (χ1v) is 9.74. The molecule has 1 aromatic carbocycles. The second kappa shape index (κ2) is 9.07. The van der Waals surface area contributed by atoms with E-state index in [-0.39, 0.29) is 23.2 Å². The maximum Gasteiger partial charge on any atom is 0.287 e. The Hall–Kier alpha value is -2.03. The number of furan rings is 1. The number of hydrogen-bond acceptors (Lipinski definition) is 5. The lowest BCUT2D eigenvalue weighted by atomic mass is 10.4. The number of ether oxygens (including phenoxy) is 1. The highest BCUT2D eigenvalue weighted by atomic mass is 32.2. The van der Waals surface area contributed by atoms with Crippen LogP contribution in [-0.2, 0) is 21.3 Å². The minimum atomic E-state index is -1.36. The molecule has 1 fully saturated rings. The number of amides is 1. The molecule has 6 nitrogen and oxygen atoms in total. The lowest BCUT2D eigenvalue weighted by molar-refractivity contribution is 0.0382. The van der Waals surface area contributed by atoms with Gasteiger partial charge in [0.2, 0.25) is 0 Å². The minimum Gasteiger partial charge on any atom is -0.455 e. The first-order valence-electron chi connectivity index (χ1n) is 8.43. The quantitative estimate of drug-likeness (QED) is 0.793. The van der Waals surface area contributed by atoms with Gasteiger partial charge < -0.3 is 14.5 Å². The maximum atomic E-state index is 12.9. The Bertz CT molecular complexity index is 757. The standard InChI is InChI=1S/C18H21FN2O4S/c19-14-1-4-16(5-2-14)26(23)13-15-3-6-17(25-15)18(22)20-7-8-21-9-11-24-12-10-21/h1-6H,7-13H2,(H,20,22). The molecule has 1 amide bonds. The molecule has 0 saturated carbocycles. The molecule has 1 saturated heterocycles.